The standard InChI is InChI=1S/C34H24N2S/c1-34(2)26-11-5-3-9-23(26)24-19-20-29-31(32(24)34)25-10-4-7-13-28(25)36(29)22-17-15-21(16-18-22)33-35-27-12-6-8-14-30(27)37-33/h3-20H,1-2H3. The van der Waals surface area contributed by atoms with Crippen molar-refractivity contribution in [3.05, 3.63) is 120 Å². The van der Waals surface area contributed by atoms with Gasteiger partial charge in [0.1, 0.15) is 5.01 Å². The van der Waals surface area contributed by atoms with Crippen molar-refractivity contribution in [1.82, 2.24) is 9.55 Å². The molecule has 1 aliphatic rings. The summed E-state index contributed by atoms with van der Waals surface area (Å²) >= 11 is 1.75. The van der Waals surface area contributed by atoms with Gasteiger partial charge in [-0.3, -0.25) is 0 Å². The molecule has 0 atom stereocenters. The average Bonchev–Trinajstić information content (AvgIpc) is 3.58. The number of nitrogens with zero attached hydrogens (tertiary/aromatic N) is 2. The van der Waals surface area contributed by atoms with Crippen molar-refractivity contribution in [3.8, 4) is 27.4 Å². The SMILES string of the molecule is CC1(C)c2ccccc2-c2ccc3c(c21)c1ccccc1n3-c1ccc(-c2nc3ccccc3s2)cc1. The van der Waals surface area contributed by atoms with Crippen molar-refractivity contribution in [2.45, 2.75) is 19.3 Å². The molecule has 5 aromatic carbocycles. The zero-order valence-electron chi connectivity index (χ0n) is 20.7. The van der Waals surface area contributed by atoms with Crippen LogP contribution in [0.2, 0.25) is 0 Å². The van der Waals surface area contributed by atoms with Gasteiger partial charge in [-0.2, -0.15) is 0 Å². The van der Waals surface area contributed by atoms with Gasteiger partial charge in [-0.15, -0.1) is 11.3 Å². The molecule has 0 spiro atoms. The predicted octanol–water partition coefficient (Wildman–Crippen LogP) is 9.37. The second kappa shape index (κ2) is 7.41. The van der Waals surface area contributed by atoms with Gasteiger partial charge in [0.25, 0.3) is 0 Å². The molecule has 37 heavy (non-hydrogen) atoms. The van der Waals surface area contributed by atoms with Crippen molar-refractivity contribution in [2.24, 2.45) is 0 Å². The van der Waals surface area contributed by atoms with E-state index in [4.69, 9.17) is 4.98 Å². The van der Waals surface area contributed by atoms with Crippen LogP contribution in [0.15, 0.2) is 109 Å². The molecule has 176 valence electrons. The Morgan fingerprint density at radius 3 is 2.30 bits per heavy atom. The molecular weight excluding hydrogens is 468 g/mol. The van der Waals surface area contributed by atoms with Gasteiger partial charge in [-0.1, -0.05) is 74.5 Å². The molecule has 0 saturated carbocycles. The normalized spacial score (nSPS) is 13.9. The van der Waals surface area contributed by atoms with Crippen LogP contribution in [0.1, 0.15) is 25.0 Å². The molecule has 8 rings (SSSR count). The van der Waals surface area contributed by atoms with Gasteiger partial charge in [0.2, 0.25) is 0 Å². The number of benzene rings is 5. The van der Waals surface area contributed by atoms with Crippen LogP contribution in [0.25, 0.3) is 59.4 Å². The number of thiazole rings is 1. The van der Waals surface area contributed by atoms with E-state index < -0.39 is 0 Å². The molecule has 0 N–H and O–H groups in total. The van der Waals surface area contributed by atoms with Crippen LogP contribution in [0.5, 0.6) is 0 Å². The maximum absolute atomic E-state index is 4.86. The fourth-order valence-electron chi connectivity index (χ4n) is 6.36. The predicted molar refractivity (Wildman–Crippen MR) is 157 cm³/mol. The summed E-state index contributed by atoms with van der Waals surface area (Å²) in [5, 5.41) is 3.74. The van der Waals surface area contributed by atoms with E-state index in [0.717, 1.165) is 16.1 Å². The molecule has 0 saturated heterocycles. The molecule has 0 fully saturated rings. The number of para-hydroxylation sites is 2. The second-order valence-electron chi connectivity index (χ2n) is 10.4. The van der Waals surface area contributed by atoms with E-state index in [1.165, 1.54) is 54.4 Å². The Morgan fingerprint density at radius 1 is 0.676 bits per heavy atom. The van der Waals surface area contributed by atoms with Crippen molar-refractivity contribution in [3.63, 3.8) is 0 Å². The van der Waals surface area contributed by atoms with Crippen LogP contribution >= 0.6 is 11.3 Å². The molecule has 7 aromatic rings. The zero-order valence-corrected chi connectivity index (χ0v) is 21.5. The Balaban J connectivity index is 1.36. The van der Waals surface area contributed by atoms with Crippen LogP contribution in [0, 0.1) is 0 Å². The first-order valence-electron chi connectivity index (χ1n) is 12.7. The molecule has 2 nitrogen and oxygen atoms in total. The molecule has 2 heterocycles. The summed E-state index contributed by atoms with van der Waals surface area (Å²) in [7, 11) is 0. The monoisotopic (exact) mass is 492 g/mol. The lowest BCUT2D eigenvalue weighted by Gasteiger charge is -2.22. The topological polar surface area (TPSA) is 17.8 Å². The first kappa shape index (κ1) is 20.9. The summed E-state index contributed by atoms with van der Waals surface area (Å²) in [6, 6.07) is 39.6. The highest BCUT2D eigenvalue weighted by Gasteiger charge is 2.37. The minimum Gasteiger partial charge on any atom is -0.309 e. The van der Waals surface area contributed by atoms with Crippen LogP contribution in [-0.2, 0) is 5.41 Å². The highest BCUT2D eigenvalue weighted by Crippen LogP contribution is 2.53. The minimum absolute atomic E-state index is 0.0584. The van der Waals surface area contributed by atoms with Gasteiger partial charge < -0.3 is 4.57 Å². The van der Waals surface area contributed by atoms with E-state index >= 15 is 0 Å². The Kier molecular flexibility index (Phi) is 4.19. The largest absolute Gasteiger partial charge is 0.309 e. The summed E-state index contributed by atoms with van der Waals surface area (Å²) in [5.41, 5.74) is 11.4. The Labute approximate surface area is 219 Å². The van der Waals surface area contributed by atoms with Gasteiger partial charge in [0.15, 0.2) is 0 Å². The number of aromatic nitrogens is 2. The average molecular weight is 493 g/mol. The van der Waals surface area contributed by atoms with Crippen molar-refractivity contribution in [2.75, 3.05) is 0 Å². The van der Waals surface area contributed by atoms with Crippen LogP contribution in [-0.4, -0.2) is 9.55 Å². The summed E-state index contributed by atoms with van der Waals surface area (Å²) in [6.07, 6.45) is 0. The van der Waals surface area contributed by atoms with Crippen molar-refractivity contribution < 1.29 is 0 Å². The van der Waals surface area contributed by atoms with Gasteiger partial charge in [0, 0.05) is 27.4 Å². The fraction of sp³-hybridized carbons (Fsp3) is 0.0882. The number of hydrogen-bond donors (Lipinski definition) is 0. The summed E-state index contributed by atoms with van der Waals surface area (Å²) in [5.74, 6) is 0. The van der Waals surface area contributed by atoms with Crippen molar-refractivity contribution in [1.29, 1.82) is 0 Å². The first-order chi connectivity index (χ1) is 18.1. The molecule has 2 aromatic heterocycles. The summed E-state index contributed by atoms with van der Waals surface area (Å²) in [6.45, 7) is 4.74. The quantitative estimate of drug-likeness (QED) is 0.235. The van der Waals surface area contributed by atoms with E-state index in [1.807, 2.05) is 6.07 Å². The number of fused-ring (bicyclic) bond motifs is 8. The molecule has 0 unspecified atom stereocenters. The maximum atomic E-state index is 4.86. The minimum atomic E-state index is -0.0584. The highest BCUT2D eigenvalue weighted by molar-refractivity contribution is 7.21. The zero-order chi connectivity index (χ0) is 24.7. The van der Waals surface area contributed by atoms with Gasteiger partial charge in [-0.05, 0) is 70.8 Å². The highest BCUT2D eigenvalue weighted by atomic mass is 32.1. The third-order valence-corrected chi connectivity index (χ3v) is 9.11. The van der Waals surface area contributed by atoms with E-state index in [9.17, 15) is 0 Å². The molecular formula is C34H24N2S. The van der Waals surface area contributed by atoms with E-state index in [0.29, 0.717) is 0 Å². The van der Waals surface area contributed by atoms with E-state index in [2.05, 4.69) is 122 Å². The van der Waals surface area contributed by atoms with Crippen LogP contribution in [0.3, 0.4) is 0 Å². The summed E-state index contributed by atoms with van der Waals surface area (Å²) in [4.78, 5) is 4.86. The summed E-state index contributed by atoms with van der Waals surface area (Å²) < 4.78 is 3.65. The van der Waals surface area contributed by atoms with Crippen LogP contribution in [0.4, 0.5) is 0 Å². The maximum Gasteiger partial charge on any atom is 0.124 e. The van der Waals surface area contributed by atoms with Gasteiger partial charge in [0.05, 0.1) is 21.3 Å². The number of rotatable bonds is 2. The Bertz CT molecular complexity index is 1970. The first-order valence-corrected chi connectivity index (χ1v) is 13.6. The lowest BCUT2D eigenvalue weighted by atomic mass is 9.80. The molecule has 0 amide bonds. The molecule has 0 radical (unpaired) electrons. The van der Waals surface area contributed by atoms with E-state index in [-0.39, 0.29) is 5.41 Å². The lowest BCUT2D eigenvalue weighted by molar-refractivity contribution is 0.666. The molecule has 3 heteroatoms. The molecule has 0 bridgehead atoms. The van der Waals surface area contributed by atoms with Crippen LogP contribution < -0.4 is 0 Å². The van der Waals surface area contributed by atoms with Gasteiger partial charge >= 0.3 is 0 Å². The van der Waals surface area contributed by atoms with E-state index in [1.54, 1.807) is 11.3 Å². The van der Waals surface area contributed by atoms with Crippen molar-refractivity contribution >= 4 is 43.4 Å². The third kappa shape index (κ3) is 2.83. The fourth-order valence-corrected chi connectivity index (χ4v) is 7.33. The number of hydrogen-bond acceptors (Lipinski definition) is 2. The second-order valence-corrected chi connectivity index (χ2v) is 11.5. The Hall–Kier alpha value is -4.21. The smallest absolute Gasteiger partial charge is 0.124 e. The Morgan fingerprint density at radius 2 is 1.43 bits per heavy atom. The third-order valence-electron chi connectivity index (χ3n) is 8.02. The van der Waals surface area contributed by atoms with Gasteiger partial charge in [-0.25, -0.2) is 4.98 Å². The lowest BCUT2D eigenvalue weighted by Crippen LogP contribution is -2.15. The molecule has 0 aliphatic heterocycles. The molecule has 1 aliphatic carbocycles.